The number of thioether (sulfide) groups is 1. The van der Waals surface area contributed by atoms with Crippen LogP contribution in [0.2, 0.25) is 0 Å². The van der Waals surface area contributed by atoms with Crippen molar-refractivity contribution >= 4 is 23.8 Å². The molecule has 5 nitrogen and oxygen atoms in total. The van der Waals surface area contributed by atoms with Crippen molar-refractivity contribution in [3.8, 4) is 0 Å². The first kappa shape index (κ1) is 17.1. The van der Waals surface area contributed by atoms with Gasteiger partial charge in [0.15, 0.2) is 0 Å². The average molecular weight is 276 g/mol. The fraction of sp³-hybridized carbons (Fsp3) is 0.833. The number of amides is 2. The third-order valence-electron chi connectivity index (χ3n) is 2.52. The van der Waals surface area contributed by atoms with Crippen LogP contribution in [-0.4, -0.2) is 42.2 Å². The molecule has 0 radical (unpaired) electrons. The molecule has 0 saturated carbocycles. The van der Waals surface area contributed by atoms with Crippen LogP contribution in [0.1, 0.15) is 26.7 Å². The zero-order chi connectivity index (χ0) is 14.0. The van der Waals surface area contributed by atoms with Crippen LogP contribution in [0.3, 0.4) is 0 Å². The van der Waals surface area contributed by atoms with E-state index in [2.05, 4.69) is 17.6 Å². The molecule has 2 atom stereocenters. The quantitative estimate of drug-likeness (QED) is 0.600. The van der Waals surface area contributed by atoms with Crippen molar-refractivity contribution in [2.45, 2.75) is 26.7 Å². The summed E-state index contributed by atoms with van der Waals surface area (Å²) in [7, 11) is 0. The summed E-state index contributed by atoms with van der Waals surface area (Å²) in [4.78, 5) is 21.8. The van der Waals surface area contributed by atoms with Crippen LogP contribution >= 0.6 is 11.8 Å². The van der Waals surface area contributed by atoms with E-state index in [0.29, 0.717) is 25.4 Å². The summed E-state index contributed by atoms with van der Waals surface area (Å²) >= 11 is 1.76. The average Bonchev–Trinajstić information content (AvgIpc) is 2.31. The standard InChI is InChI=1S/C12H24N2O3S/c1-9(4-5-11(15)16)6-13-12(17)14-7-10(2)8-18-3/h9-10H,4-8H2,1-3H3,(H,15,16)(H2,13,14,17). The van der Waals surface area contributed by atoms with Crippen LogP contribution in [-0.2, 0) is 4.79 Å². The number of nitrogens with one attached hydrogen (secondary N) is 2. The van der Waals surface area contributed by atoms with Gasteiger partial charge in [-0.05, 0) is 30.3 Å². The van der Waals surface area contributed by atoms with Crippen molar-refractivity contribution in [3.05, 3.63) is 0 Å². The lowest BCUT2D eigenvalue weighted by Gasteiger charge is -2.14. The van der Waals surface area contributed by atoms with Gasteiger partial charge in [0.25, 0.3) is 0 Å². The van der Waals surface area contributed by atoms with Gasteiger partial charge in [-0.25, -0.2) is 4.79 Å². The van der Waals surface area contributed by atoms with Crippen molar-refractivity contribution < 1.29 is 14.7 Å². The molecule has 0 rings (SSSR count). The van der Waals surface area contributed by atoms with E-state index in [-0.39, 0.29) is 18.4 Å². The molecular weight excluding hydrogens is 252 g/mol. The molecule has 0 saturated heterocycles. The molecule has 106 valence electrons. The summed E-state index contributed by atoms with van der Waals surface area (Å²) in [6.45, 7) is 5.19. The first-order valence-electron chi connectivity index (χ1n) is 6.18. The Balaban J connectivity index is 3.60. The molecule has 0 aromatic heterocycles. The van der Waals surface area contributed by atoms with Crippen LogP contribution < -0.4 is 10.6 Å². The lowest BCUT2D eigenvalue weighted by atomic mass is 10.1. The van der Waals surface area contributed by atoms with Gasteiger partial charge in [0.2, 0.25) is 0 Å². The molecular formula is C12H24N2O3S. The zero-order valence-corrected chi connectivity index (χ0v) is 12.2. The van der Waals surface area contributed by atoms with E-state index in [1.165, 1.54) is 0 Å². The van der Waals surface area contributed by atoms with Gasteiger partial charge in [0.05, 0.1) is 0 Å². The van der Waals surface area contributed by atoms with Gasteiger partial charge in [0, 0.05) is 19.5 Å². The van der Waals surface area contributed by atoms with Gasteiger partial charge in [-0.3, -0.25) is 4.79 Å². The van der Waals surface area contributed by atoms with Crippen LogP contribution in [0.4, 0.5) is 4.79 Å². The number of hydrogen-bond donors (Lipinski definition) is 3. The number of hydrogen-bond acceptors (Lipinski definition) is 3. The van der Waals surface area contributed by atoms with Crippen molar-refractivity contribution in [2.24, 2.45) is 11.8 Å². The lowest BCUT2D eigenvalue weighted by Crippen LogP contribution is -2.40. The van der Waals surface area contributed by atoms with Gasteiger partial charge >= 0.3 is 12.0 Å². The van der Waals surface area contributed by atoms with Crippen LogP contribution in [0.15, 0.2) is 0 Å². The molecule has 0 aromatic rings. The summed E-state index contributed by atoms with van der Waals surface area (Å²) in [6.07, 6.45) is 2.77. The van der Waals surface area contributed by atoms with E-state index in [4.69, 9.17) is 5.11 Å². The first-order valence-corrected chi connectivity index (χ1v) is 7.57. The Labute approximate surface area is 113 Å². The molecule has 3 N–H and O–H groups in total. The molecule has 2 unspecified atom stereocenters. The third-order valence-corrected chi connectivity index (χ3v) is 3.43. The number of carboxylic acids is 1. The second-order valence-electron chi connectivity index (χ2n) is 4.69. The van der Waals surface area contributed by atoms with Crippen LogP contribution in [0, 0.1) is 11.8 Å². The number of carbonyl (C=O) groups excluding carboxylic acids is 1. The largest absolute Gasteiger partial charge is 0.481 e. The Hall–Kier alpha value is -0.910. The summed E-state index contributed by atoms with van der Waals surface area (Å²) in [5.74, 6) is 0.859. The van der Waals surface area contributed by atoms with Gasteiger partial charge in [-0.1, -0.05) is 13.8 Å². The molecule has 0 heterocycles. The maximum atomic E-state index is 11.4. The second-order valence-corrected chi connectivity index (χ2v) is 5.60. The highest BCUT2D eigenvalue weighted by Gasteiger charge is 2.08. The zero-order valence-electron chi connectivity index (χ0n) is 11.4. The van der Waals surface area contributed by atoms with E-state index in [1.54, 1.807) is 11.8 Å². The van der Waals surface area contributed by atoms with E-state index in [0.717, 1.165) is 5.75 Å². The van der Waals surface area contributed by atoms with Crippen molar-refractivity contribution in [3.63, 3.8) is 0 Å². The molecule has 0 fully saturated rings. The smallest absolute Gasteiger partial charge is 0.314 e. The number of aliphatic carboxylic acids is 1. The molecule has 0 bridgehead atoms. The molecule has 6 heteroatoms. The van der Waals surface area contributed by atoms with Gasteiger partial charge < -0.3 is 15.7 Å². The Bertz CT molecular complexity index is 262. The fourth-order valence-electron chi connectivity index (χ4n) is 1.41. The molecule has 2 amide bonds. The van der Waals surface area contributed by atoms with E-state index in [9.17, 15) is 9.59 Å². The number of rotatable bonds is 9. The Kier molecular flexibility index (Phi) is 9.55. The SMILES string of the molecule is CSCC(C)CNC(=O)NCC(C)CCC(=O)O. The molecule has 0 aliphatic rings. The van der Waals surface area contributed by atoms with E-state index >= 15 is 0 Å². The predicted molar refractivity (Wildman–Crippen MR) is 75.0 cm³/mol. The van der Waals surface area contributed by atoms with Crippen LogP contribution in [0.25, 0.3) is 0 Å². The lowest BCUT2D eigenvalue weighted by molar-refractivity contribution is -0.137. The summed E-state index contributed by atoms with van der Waals surface area (Å²) in [5.41, 5.74) is 0. The molecule has 0 spiro atoms. The van der Waals surface area contributed by atoms with Gasteiger partial charge in [-0.15, -0.1) is 0 Å². The molecule has 0 aliphatic heterocycles. The van der Waals surface area contributed by atoms with Crippen LogP contribution in [0.5, 0.6) is 0 Å². The Morgan fingerprint density at radius 2 is 1.72 bits per heavy atom. The van der Waals surface area contributed by atoms with Gasteiger partial charge in [-0.2, -0.15) is 11.8 Å². The Morgan fingerprint density at radius 1 is 1.17 bits per heavy atom. The summed E-state index contributed by atoms with van der Waals surface area (Å²) < 4.78 is 0. The number of carboxylic acid groups (broad SMARTS) is 1. The summed E-state index contributed by atoms with van der Waals surface area (Å²) in [5, 5.41) is 14.1. The molecule has 0 aromatic carbocycles. The maximum absolute atomic E-state index is 11.4. The highest BCUT2D eigenvalue weighted by atomic mass is 32.2. The highest BCUT2D eigenvalue weighted by Crippen LogP contribution is 2.04. The number of urea groups is 1. The molecule has 18 heavy (non-hydrogen) atoms. The highest BCUT2D eigenvalue weighted by molar-refractivity contribution is 7.98. The van der Waals surface area contributed by atoms with Gasteiger partial charge in [0.1, 0.15) is 0 Å². The summed E-state index contributed by atoms with van der Waals surface area (Å²) in [6, 6.07) is -0.176. The minimum atomic E-state index is -0.794. The monoisotopic (exact) mass is 276 g/mol. The predicted octanol–water partition coefficient (Wildman–Crippen LogP) is 1.79. The van der Waals surface area contributed by atoms with E-state index in [1.807, 2.05) is 13.2 Å². The number of carbonyl (C=O) groups is 2. The maximum Gasteiger partial charge on any atom is 0.314 e. The van der Waals surface area contributed by atoms with E-state index < -0.39 is 5.97 Å². The van der Waals surface area contributed by atoms with Crippen molar-refractivity contribution in [1.29, 1.82) is 0 Å². The van der Waals surface area contributed by atoms with Crippen molar-refractivity contribution in [2.75, 3.05) is 25.1 Å². The minimum absolute atomic E-state index is 0.148. The normalized spacial score (nSPS) is 13.7. The second kappa shape index (κ2) is 10.1. The minimum Gasteiger partial charge on any atom is -0.481 e. The first-order chi connectivity index (χ1) is 8.45. The fourth-order valence-corrected chi connectivity index (χ4v) is 2.10. The topological polar surface area (TPSA) is 78.4 Å². The molecule has 0 aliphatic carbocycles. The van der Waals surface area contributed by atoms with Crippen molar-refractivity contribution in [1.82, 2.24) is 10.6 Å². The Morgan fingerprint density at radius 3 is 2.22 bits per heavy atom. The third kappa shape index (κ3) is 10.3.